The Kier molecular flexibility index (Phi) is 7.04. The van der Waals surface area contributed by atoms with Crippen LogP contribution in [0.1, 0.15) is 11.1 Å². The molecule has 5 aromatic carbocycles. The molecule has 0 spiro atoms. The van der Waals surface area contributed by atoms with Gasteiger partial charge in [-0.25, -0.2) is 0 Å². The number of anilines is 2. The summed E-state index contributed by atoms with van der Waals surface area (Å²) < 4.78 is 24.3. The summed E-state index contributed by atoms with van der Waals surface area (Å²) in [5.41, 5.74) is 14.8. The van der Waals surface area contributed by atoms with Crippen molar-refractivity contribution < 1.29 is 18.9 Å². The predicted octanol–water partition coefficient (Wildman–Crippen LogP) is 8.64. The maximum Gasteiger partial charge on any atom is 0.131 e. The van der Waals surface area contributed by atoms with Crippen molar-refractivity contribution in [3.63, 3.8) is 0 Å². The van der Waals surface area contributed by atoms with Gasteiger partial charge >= 0.3 is 0 Å². The van der Waals surface area contributed by atoms with E-state index >= 15 is 0 Å². The van der Waals surface area contributed by atoms with E-state index in [0.29, 0.717) is 45.9 Å². The zero-order valence-corrected chi connectivity index (χ0v) is 21.2. The van der Waals surface area contributed by atoms with Gasteiger partial charge in [0.2, 0.25) is 0 Å². The Labute approximate surface area is 222 Å². The summed E-state index contributed by atoms with van der Waals surface area (Å²) in [6.07, 6.45) is 0. The summed E-state index contributed by atoms with van der Waals surface area (Å²) in [6.45, 7) is 4.01. The van der Waals surface area contributed by atoms with Crippen molar-refractivity contribution in [2.45, 2.75) is 13.8 Å². The number of ether oxygens (including phenoxy) is 4. The summed E-state index contributed by atoms with van der Waals surface area (Å²) in [7, 11) is 0. The third-order valence-corrected chi connectivity index (χ3v) is 5.99. The van der Waals surface area contributed by atoms with Crippen LogP contribution in [0.25, 0.3) is 0 Å². The van der Waals surface area contributed by atoms with Crippen LogP contribution in [0.2, 0.25) is 0 Å². The fourth-order valence-electron chi connectivity index (χ4n) is 3.79. The second-order valence-corrected chi connectivity index (χ2v) is 8.81. The SMILES string of the molecule is Cc1c(Oc2cccc(Oc3ccc(N)cc3)c2)ccc(Oc2cccc(Oc3ccc(N)cc3)c2)c1C. The zero-order valence-electron chi connectivity index (χ0n) is 21.2. The molecular weight excluding hydrogens is 476 g/mol. The maximum absolute atomic E-state index is 6.20. The van der Waals surface area contributed by atoms with Crippen molar-refractivity contribution in [2.75, 3.05) is 11.5 Å². The molecule has 38 heavy (non-hydrogen) atoms. The van der Waals surface area contributed by atoms with Gasteiger partial charge in [-0.1, -0.05) is 12.1 Å². The summed E-state index contributed by atoms with van der Waals surface area (Å²) in [4.78, 5) is 0. The van der Waals surface area contributed by atoms with Crippen molar-refractivity contribution in [1.82, 2.24) is 0 Å². The largest absolute Gasteiger partial charge is 0.457 e. The van der Waals surface area contributed by atoms with Gasteiger partial charge in [0.15, 0.2) is 0 Å². The average Bonchev–Trinajstić information content (AvgIpc) is 2.92. The topological polar surface area (TPSA) is 89.0 Å². The number of hydrogen-bond donors (Lipinski definition) is 2. The number of rotatable bonds is 8. The molecule has 6 nitrogen and oxygen atoms in total. The van der Waals surface area contributed by atoms with Crippen LogP contribution in [0, 0.1) is 13.8 Å². The van der Waals surface area contributed by atoms with E-state index in [1.165, 1.54) is 0 Å². The quantitative estimate of drug-likeness (QED) is 0.206. The minimum absolute atomic E-state index is 0.668. The molecule has 0 saturated carbocycles. The summed E-state index contributed by atoms with van der Waals surface area (Å²) in [5.74, 6) is 5.55. The molecule has 4 N–H and O–H groups in total. The highest BCUT2D eigenvalue weighted by atomic mass is 16.5. The first-order chi connectivity index (χ1) is 18.4. The molecule has 5 aromatic rings. The highest BCUT2D eigenvalue weighted by Crippen LogP contribution is 2.36. The third-order valence-electron chi connectivity index (χ3n) is 5.99. The first-order valence-electron chi connectivity index (χ1n) is 12.2. The lowest BCUT2D eigenvalue weighted by atomic mass is 10.1. The van der Waals surface area contributed by atoms with E-state index < -0.39 is 0 Å². The van der Waals surface area contributed by atoms with Crippen LogP contribution in [0.4, 0.5) is 11.4 Å². The summed E-state index contributed by atoms with van der Waals surface area (Å²) in [6, 6.07) is 33.3. The van der Waals surface area contributed by atoms with Gasteiger partial charge in [0.25, 0.3) is 0 Å². The van der Waals surface area contributed by atoms with Crippen LogP contribution >= 0.6 is 0 Å². The normalized spacial score (nSPS) is 10.6. The molecule has 5 rings (SSSR count). The van der Waals surface area contributed by atoms with Crippen molar-refractivity contribution in [2.24, 2.45) is 0 Å². The smallest absolute Gasteiger partial charge is 0.131 e. The van der Waals surface area contributed by atoms with E-state index in [4.69, 9.17) is 30.4 Å². The van der Waals surface area contributed by atoms with Crippen molar-refractivity contribution >= 4 is 11.4 Å². The standard InChI is InChI=1S/C32H28N2O4/c1-21-22(2)32(38-30-8-4-6-28(20-30)36-26-15-11-24(34)12-16-26)18-17-31(21)37-29-7-3-5-27(19-29)35-25-13-9-23(33)10-14-25/h3-20H,33-34H2,1-2H3. The van der Waals surface area contributed by atoms with Crippen molar-refractivity contribution in [1.29, 1.82) is 0 Å². The highest BCUT2D eigenvalue weighted by Gasteiger charge is 2.12. The fourth-order valence-corrected chi connectivity index (χ4v) is 3.79. The van der Waals surface area contributed by atoms with Crippen molar-refractivity contribution in [3.8, 4) is 46.0 Å². The lowest BCUT2D eigenvalue weighted by molar-refractivity contribution is 0.448. The zero-order chi connectivity index (χ0) is 26.5. The van der Waals surface area contributed by atoms with Crippen LogP contribution < -0.4 is 30.4 Å². The average molecular weight is 505 g/mol. The van der Waals surface area contributed by atoms with E-state index in [2.05, 4.69) is 0 Å². The minimum atomic E-state index is 0.668. The maximum atomic E-state index is 6.20. The van der Waals surface area contributed by atoms with Gasteiger partial charge < -0.3 is 30.4 Å². The Morgan fingerprint density at radius 3 is 1.11 bits per heavy atom. The summed E-state index contributed by atoms with van der Waals surface area (Å²) >= 11 is 0. The van der Waals surface area contributed by atoms with Gasteiger partial charge in [0, 0.05) is 23.5 Å². The summed E-state index contributed by atoms with van der Waals surface area (Å²) in [5, 5.41) is 0. The van der Waals surface area contributed by atoms with Crippen LogP contribution in [-0.2, 0) is 0 Å². The highest BCUT2D eigenvalue weighted by molar-refractivity contribution is 5.51. The van der Waals surface area contributed by atoms with Crippen molar-refractivity contribution in [3.05, 3.63) is 120 Å². The lowest BCUT2D eigenvalue weighted by Gasteiger charge is -2.16. The molecule has 0 aliphatic carbocycles. The Hall–Kier alpha value is -5.10. The van der Waals surface area contributed by atoms with Gasteiger partial charge in [0.05, 0.1) is 0 Å². The molecule has 0 heterocycles. The predicted molar refractivity (Wildman–Crippen MR) is 151 cm³/mol. The number of nitrogens with two attached hydrogens (primary N) is 2. The molecule has 0 aromatic heterocycles. The molecule has 0 radical (unpaired) electrons. The second-order valence-electron chi connectivity index (χ2n) is 8.81. The monoisotopic (exact) mass is 504 g/mol. The molecule has 0 fully saturated rings. The van der Waals surface area contributed by atoms with Crippen LogP contribution in [0.3, 0.4) is 0 Å². The molecule has 0 unspecified atom stereocenters. The third kappa shape index (κ3) is 5.99. The molecule has 0 aliphatic rings. The number of nitrogen functional groups attached to an aromatic ring is 2. The molecule has 0 bridgehead atoms. The van der Waals surface area contributed by atoms with E-state index in [1.807, 2.05) is 98.8 Å². The molecular formula is C32H28N2O4. The minimum Gasteiger partial charge on any atom is -0.457 e. The number of benzene rings is 5. The van der Waals surface area contributed by atoms with E-state index in [0.717, 1.165) is 22.6 Å². The van der Waals surface area contributed by atoms with Crippen LogP contribution in [-0.4, -0.2) is 0 Å². The first-order valence-corrected chi connectivity index (χ1v) is 12.2. The lowest BCUT2D eigenvalue weighted by Crippen LogP contribution is -1.95. The molecule has 0 atom stereocenters. The van der Waals surface area contributed by atoms with E-state index in [1.54, 1.807) is 24.3 Å². The first kappa shape index (κ1) is 24.6. The fraction of sp³-hybridized carbons (Fsp3) is 0.0625. The van der Waals surface area contributed by atoms with Gasteiger partial charge in [-0.15, -0.1) is 0 Å². The van der Waals surface area contributed by atoms with Crippen LogP contribution in [0.15, 0.2) is 109 Å². The molecule has 0 saturated heterocycles. The molecule has 0 amide bonds. The molecule has 6 heteroatoms. The van der Waals surface area contributed by atoms with E-state index in [-0.39, 0.29) is 0 Å². The number of hydrogen-bond acceptors (Lipinski definition) is 6. The van der Waals surface area contributed by atoms with Gasteiger partial charge in [0.1, 0.15) is 46.0 Å². The Bertz CT molecular complexity index is 1430. The molecule has 0 aliphatic heterocycles. The molecule has 190 valence electrons. The Balaban J connectivity index is 1.28. The van der Waals surface area contributed by atoms with Crippen LogP contribution in [0.5, 0.6) is 46.0 Å². The second kappa shape index (κ2) is 10.9. The van der Waals surface area contributed by atoms with Gasteiger partial charge in [-0.3, -0.25) is 0 Å². The Morgan fingerprint density at radius 2 is 0.737 bits per heavy atom. The Morgan fingerprint density at radius 1 is 0.395 bits per heavy atom. The van der Waals surface area contributed by atoms with Gasteiger partial charge in [-0.2, -0.15) is 0 Å². The van der Waals surface area contributed by atoms with E-state index in [9.17, 15) is 0 Å². The van der Waals surface area contributed by atoms with Gasteiger partial charge in [-0.05, 0) is 110 Å².